The summed E-state index contributed by atoms with van der Waals surface area (Å²) in [5.74, 6) is 0.158. The second-order valence-electron chi connectivity index (χ2n) is 5.76. The van der Waals surface area contributed by atoms with Crippen LogP contribution in [0.3, 0.4) is 0 Å². The van der Waals surface area contributed by atoms with Crippen LogP contribution in [0, 0.1) is 0 Å². The molecule has 0 aliphatic carbocycles. The van der Waals surface area contributed by atoms with Crippen molar-refractivity contribution in [1.82, 2.24) is 19.7 Å². The fourth-order valence-corrected chi connectivity index (χ4v) is 4.02. The van der Waals surface area contributed by atoms with Gasteiger partial charge in [0.1, 0.15) is 0 Å². The number of rotatable bonds is 5. The number of nitrogens with zero attached hydrogens (tertiary/aromatic N) is 3. The van der Waals surface area contributed by atoms with Crippen LogP contribution in [0.15, 0.2) is 45.9 Å². The van der Waals surface area contributed by atoms with Crippen molar-refractivity contribution >= 4 is 28.3 Å². The summed E-state index contributed by atoms with van der Waals surface area (Å²) < 4.78 is 32.1. The molecule has 1 aromatic heterocycles. The fourth-order valence-electron chi connectivity index (χ4n) is 2.71. The topological polar surface area (TPSA) is 95.8 Å². The maximum atomic E-state index is 12.9. The first-order valence-electron chi connectivity index (χ1n) is 7.95. The van der Waals surface area contributed by atoms with E-state index in [-0.39, 0.29) is 29.8 Å². The maximum Gasteiger partial charge on any atom is 0.244 e. The molecule has 142 valence electrons. The molecule has 2 aromatic rings. The number of carbonyl (C=O) groups excluding carboxylic acids is 1. The quantitative estimate of drug-likeness (QED) is 0.798. The number of hydrogen-bond acceptors (Lipinski definition) is 6. The van der Waals surface area contributed by atoms with Crippen LogP contribution in [-0.2, 0) is 14.8 Å². The van der Waals surface area contributed by atoms with Gasteiger partial charge in [-0.3, -0.25) is 4.79 Å². The predicted octanol–water partition coefficient (Wildman–Crippen LogP) is 0.816. The van der Waals surface area contributed by atoms with Gasteiger partial charge in [-0.1, -0.05) is 17.3 Å². The number of benzene rings is 1. The number of amides is 1. The van der Waals surface area contributed by atoms with Crippen molar-refractivity contribution in [2.24, 2.45) is 0 Å². The first-order chi connectivity index (χ1) is 12.0. The molecule has 3 rings (SSSR count). The van der Waals surface area contributed by atoms with Gasteiger partial charge >= 0.3 is 0 Å². The van der Waals surface area contributed by atoms with Gasteiger partial charge in [-0.2, -0.15) is 4.31 Å². The summed E-state index contributed by atoms with van der Waals surface area (Å²) >= 11 is 0. The summed E-state index contributed by atoms with van der Waals surface area (Å²) in [6, 6.07) is 8.11. The zero-order valence-corrected chi connectivity index (χ0v) is 15.9. The molecule has 1 aliphatic rings. The van der Waals surface area contributed by atoms with Gasteiger partial charge in [0.25, 0.3) is 0 Å². The van der Waals surface area contributed by atoms with E-state index in [4.69, 9.17) is 4.52 Å². The SMILES string of the molecule is CN(CC(=O)N1CCNCC1)S(=O)(=O)c1ccccc1-c1ccno1.Cl. The van der Waals surface area contributed by atoms with Crippen LogP contribution in [-0.4, -0.2) is 68.5 Å². The van der Waals surface area contributed by atoms with Crippen LogP contribution in [0.2, 0.25) is 0 Å². The third kappa shape index (κ3) is 4.24. The molecule has 0 unspecified atom stereocenters. The summed E-state index contributed by atoms with van der Waals surface area (Å²) in [5.41, 5.74) is 0.418. The van der Waals surface area contributed by atoms with E-state index < -0.39 is 10.0 Å². The molecule has 1 fully saturated rings. The number of piperazine rings is 1. The molecular weight excluding hydrogens is 380 g/mol. The lowest BCUT2D eigenvalue weighted by molar-refractivity contribution is -0.131. The predicted molar refractivity (Wildman–Crippen MR) is 98.5 cm³/mol. The highest BCUT2D eigenvalue weighted by molar-refractivity contribution is 7.89. The third-order valence-corrected chi connectivity index (χ3v) is 5.97. The maximum absolute atomic E-state index is 12.9. The number of carbonyl (C=O) groups is 1. The van der Waals surface area contributed by atoms with Crippen LogP contribution in [0.4, 0.5) is 0 Å². The molecule has 0 radical (unpaired) electrons. The molecule has 10 heteroatoms. The van der Waals surface area contributed by atoms with E-state index >= 15 is 0 Å². The number of sulfonamides is 1. The Morgan fingerprint density at radius 3 is 2.62 bits per heavy atom. The van der Waals surface area contributed by atoms with Gasteiger partial charge in [-0.25, -0.2) is 8.42 Å². The third-order valence-electron chi connectivity index (χ3n) is 4.11. The average Bonchev–Trinajstić information content (AvgIpc) is 3.17. The highest BCUT2D eigenvalue weighted by Gasteiger charge is 2.28. The molecule has 1 amide bonds. The van der Waals surface area contributed by atoms with E-state index in [9.17, 15) is 13.2 Å². The van der Waals surface area contributed by atoms with E-state index in [1.807, 2.05) is 0 Å². The Kier molecular flexibility index (Phi) is 6.76. The van der Waals surface area contributed by atoms with Gasteiger partial charge in [0.05, 0.1) is 17.6 Å². The molecule has 8 nitrogen and oxygen atoms in total. The first kappa shape index (κ1) is 20.4. The number of hydrogen-bond donors (Lipinski definition) is 1. The highest BCUT2D eigenvalue weighted by Crippen LogP contribution is 2.28. The monoisotopic (exact) mass is 400 g/mol. The van der Waals surface area contributed by atoms with Gasteiger partial charge in [0.15, 0.2) is 5.76 Å². The van der Waals surface area contributed by atoms with E-state index in [1.165, 1.54) is 19.3 Å². The van der Waals surface area contributed by atoms with Crippen LogP contribution in [0.1, 0.15) is 0 Å². The minimum Gasteiger partial charge on any atom is -0.356 e. The Labute approximate surface area is 158 Å². The van der Waals surface area contributed by atoms with Gasteiger partial charge in [-0.05, 0) is 12.1 Å². The van der Waals surface area contributed by atoms with E-state index in [2.05, 4.69) is 10.5 Å². The Morgan fingerprint density at radius 1 is 1.27 bits per heavy atom. The Bertz CT molecular complexity index is 836. The van der Waals surface area contributed by atoms with Gasteiger partial charge in [-0.15, -0.1) is 12.4 Å². The van der Waals surface area contributed by atoms with Crippen molar-refractivity contribution in [1.29, 1.82) is 0 Å². The molecule has 1 aliphatic heterocycles. The number of halogens is 1. The lowest BCUT2D eigenvalue weighted by Gasteiger charge is -2.29. The van der Waals surface area contributed by atoms with Crippen LogP contribution in [0.5, 0.6) is 0 Å². The second-order valence-corrected chi connectivity index (χ2v) is 7.78. The minimum absolute atomic E-state index is 0. The van der Waals surface area contributed by atoms with Crippen LogP contribution < -0.4 is 5.32 Å². The summed E-state index contributed by atoms with van der Waals surface area (Å²) in [6.45, 7) is 2.41. The lowest BCUT2D eigenvalue weighted by atomic mass is 10.2. The van der Waals surface area contributed by atoms with Crippen molar-refractivity contribution in [2.45, 2.75) is 4.90 Å². The summed E-state index contributed by atoms with van der Waals surface area (Å²) in [5, 5.41) is 6.79. The average molecular weight is 401 g/mol. The van der Waals surface area contributed by atoms with Gasteiger partial charge in [0, 0.05) is 44.9 Å². The Hall–Kier alpha value is -1.94. The van der Waals surface area contributed by atoms with Crippen LogP contribution in [0.25, 0.3) is 11.3 Å². The van der Waals surface area contributed by atoms with Gasteiger partial charge in [0.2, 0.25) is 15.9 Å². The molecule has 1 aromatic carbocycles. The van der Waals surface area contributed by atoms with Crippen molar-refractivity contribution in [3.05, 3.63) is 36.5 Å². The van der Waals surface area contributed by atoms with Crippen molar-refractivity contribution < 1.29 is 17.7 Å². The fraction of sp³-hybridized carbons (Fsp3) is 0.375. The lowest BCUT2D eigenvalue weighted by Crippen LogP contribution is -2.49. The summed E-state index contributed by atoms with van der Waals surface area (Å²) in [6.07, 6.45) is 1.45. The van der Waals surface area contributed by atoms with E-state index in [1.54, 1.807) is 29.2 Å². The van der Waals surface area contributed by atoms with E-state index in [0.717, 1.165) is 17.4 Å². The van der Waals surface area contributed by atoms with Crippen LogP contribution >= 0.6 is 12.4 Å². The Balaban J connectivity index is 0.00000243. The molecule has 0 bridgehead atoms. The van der Waals surface area contributed by atoms with Crippen molar-refractivity contribution in [2.75, 3.05) is 39.8 Å². The second kappa shape index (κ2) is 8.63. The molecule has 26 heavy (non-hydrogen) atoms. The largest absolute Gasteiger partial charge is 0.356 e. The molecule has 1 saturated heterocycles. The summed E-state index contributed by atoms with van der Waals surface area (Å²) in [7, 11) is -2.44. The molecule has 1 N–H and O–H groups in total. The van der Waals surface area contributed by atoms with Gasteiger partial charge < -0.3 is 14.7 Å². The molecule has 0 atom stereocenters. The summed E-state index contributed by atoms with van der Waals surface area (Å²) in [4.78, 5) is 14.1. The van der Waals surface area contributed by atoms with E-state index in [0.29, 0.717) is 24.4 Å². The van der Waals surface area contributed by atoms with Crippen molar-refractivity contribution in [3.63, 3.8) is 0 Å². The zero-order chi connectivity index (χ0) is 17.9. The molecule has 2 heterocycles. The van der Waals surface area contributed by atoms with Crippen molar-refractivity contribution in [3.8, 4) is 11.3 Å². The normalized spacial score (nSPS) is 14.9. The standard InChI is InChI=1S/C16H20N4O4S.ClH/c1-19(12-16(21)20-10-8-17-9-11-20)25(22,23)15-5-3-2-4-13(15)14-6-7-18-24-14;/h2-7,17H,8-12H2,1H3;1H. The number of likely N-dealkylation sites (N-methyl/N-ethyl adjacent to an activating group) is 1. The minimum atomic E-state index is -3.85. The first-order valence-corrected chi connectivity index (χ1v) is 9.39. The Morgan fingerprint density at radius 2 is 1.96 bits per heavy atom. The zero-order valence-electron chi connectivity index (χ0n) is 14.3. The number of aromatic nitrogens is 1. The smallest absolute Gasteiger partial charge is 0.244 e. The number of nitrogens with one attached hydrogen (secondary N) is 1. The molecule has 0 spiro atoms. The highest BCUT2D eigenvalue weighted by atomic mass is 35.5. The molecule has 0 saturated carbocycles. The molecular formula is C16H21ClN4O4S.